The molecule has 4 heteroatoms. The minimum Gasteiger partial charge on any atom is -0.311 e. The molecule has 0 spiro atoms. The number of Topliss-reactive ketones (excluding diaryl/α,β-unsaturated/α-hetero) is 1. The third kappa shape index (κ3) is 2.82. The fourth-order valence-corrected chi connectivity index (χ4v) is 3.59. The Morgan fingerprint density at radius 2 is 2.00 bits per heavy atom. The number of carbonyl (C=O) groups excluding carboxylic acids is 1. The topological polar surface area (TPSA) is 29.1 Å². The quantitative estimate of drug-likeness (QED) is 0.858. The first-order valence-electron chi connectivity index (χ1n) is 6.86. The monoisotopic (exact) mass is 281 g/mol. The number of halogens is 2. The van der Waals surface area contributed by atoms with Crippen LogP contribution in [-0.2, 0) is 0 Å². The molecule has 0 radical (unpaired) electrons. The van der Waals surface area contributed by atoms with Gasteiger partial charge < -0.3 is 5.32 Å². The van der Waals surface area contributed by atoms with Crippen molar-refractivity contribution in [2.45, 2.75) is 44.2 Å². The summed E-state index contributed by atoms with van der Waals surface area (Å²) in [6.45, 7) is 0. The second-order valence-corrected chi connectivity index (χ2v) is 6.16. The van der Waals surface area contributed by atoms with Crippen LogP contribution in [0.2, 0.25) is 5.02 Å². The predicted octanol–water partition coefficient (Wildman–Crippen LogP) is 3.58. The van der Waals surface area contributed by atoms with E-state index >= 15 is 0 Å². The molecule has 3 rings (SSSR count). The van der Waals surface area contributed by atoms with Crippen LogP contribution in [0.4, 0.5) is 4.39 Å². The molecule has 2 aliphatic heterocycles. The molecule has 2 fully saturated rings. The Labute approximate surface area is 117 Å². The van der Waals surface area contributed by atoms with Gasteiger partial charge in [-0.1, -0.05) is 11.6 Å². The summed E-state index contributed by atoms with van der Waals surface area (Å²) in [6, 6.07) is 5.40. The number of rotatable bonds is 3. The van der Waals surface area contributed by atoms with E-state index in [2.05, 4.69) is 5.32 Å². The Kier molecular flexibility index (Phi) is 3.59. The number of ketones is 1. The zero-order valence-corrected chi connectivity index (χ0v) is 11.4. The number of fused-ring (bicyclic) bond motifs is 2. The van der Waals surface area contributed by atoms with Gasteiger partial charge in [-0.3, -0.25) is 4.79 Å². The first-order valence-corrected chi connectivity index (χ1v) is 7.24. The summed E-state index contributed by atoms with van der Waals surface area (Å²) in [4.78, 5) is 12.2. The van der Waals surface area contributed by atoms with Gasteiger partial charge in [0, 0.05) is 23.5 Å². The number of hydrogen-bond acceptors (Lipinski definition) is 2. The average Bonchev–Trinajstić information content (AvgIpc) is 2.68. The highest BCUT2D eigenvalue weighted by Crippen LogP contribution is 2.33. The molecule has 0 saturated carbocycles. The van der Waals surface area contributed by atoms with Crippen LogP contribution in [0.15, 0.2) is 18.2 Å². The van der Waals surface area contributed by atoms with Gasteiger partial charge in [-0.25, -0.2) is 4.39 Å². The largest absolute Gasteiger partial charge is 0.311 e. The first kappa shape index (κ1) is 13.1. The predicted molar refractivity (Wildman–Crippen MR) is 73.0 cm³/mol. The Morgan fingerprint density at radius 1 is 1.32 bits per heavy atom. The van der Waals surface area contributed by atoms with Crippen LogP contribution >= 0.6 is 11.6 Å². The van der Waals surface area contributed by atoms with E-state index in [1.54, 1.807) is 6.07 Å². The van der Waals surface area contributed by atoms with Crippen LogP contribution < -0.4 is 5.32 Å². The van der Waals surface area contributed by atoms with Gasteiger partial charge >= 0.3 is 0 Å². The smallest absolute Gasteiger partial charge is 0.166 e. The van der Waals surface area contributed by atoms with Crippen molar-refractivity contribution in [3.63, 3.8) is 0 Å². The highest BCUT2D eigenvalue weighted by molar-refractivity contribution is 6.30. The summed E-state index contributed by atoms with van der Waals surface area (Å²) < 4.78 is 13.7. The van der Waals surface area contributed by atoms with Crippen LogP contribution in [0.25, 0.3) is 0 Å². The molecule has 2 atom stereocenters. The number of piperidine rings is 1. The van der Waals surface area contributed by atoms with E-state index in [1.165, 1.54) is 25.0 Å². The van der Waals surface area contributed by atoms with E-state index in [0.717, 1.165) is 12.8 Å². The van der Waals surface area contributed by atoms with Gasteiger partial charge in [0.15, 0.2) is 5.78 Å². The molecule has 1 N–H and O–H groups in total. The fraction of sp³-hybridized carbons (Fsp3) is 0.533. The molecule has 102 valence electrons. The van der Waals surface area contributed by atoms with E-state index in [1.807, 2.05) is 0 Å². The molecule has 2 aliphatic rings. The molecule has 2 saturated heterocycles. The maximum atomic E-state index is 13.7. The molecule has 0 aromatic heterocycles. The molecule has 2 unspecified atom stereocenters. The van der Waals surface area contributed by atoms with E-state index in [9.17, 15) is 9.18 Å². The van der Waals surface area contributed by atoms with E-state index < -0.39 is 5.82 Å². The van der Waals surface area contributed by atoms with E-state index in [0.29, 0.717) is 29.4 Å². The Balaban J connectivity index is 1.68. The lowest BCUT2D eigenvalue weighted by atomic mass is 9.87. The van der Waals surface area contributed by atoms with E-state index in [4.69, 9.17) is 11.6 Å². The number of nitrogens with one attached hydrogen (secondary N) is 1. The highest BCUT2D eigenvalue weighted by Gasteiger charge is 2.34. The highest BCUT2D eigenvalue weighted by atomic mass is 35.5. The Bertz CT molecular complexity index is 493. The number of hydrogen-bond donors (Lipinski definition) is 1. The van der Waals surface area contributed by atoms with Crippen molar-refractivity contribution in [3.8, 4) is 0 Å². The SMILES string of the molecule is O=C(CC1CC2CCC(C1)N2)c1ccc(Cl)cc1F. The average molecular weight is 282 g/mol. The number of carbonyl (C=O) groups is 1. The summed E-state index contributed by atoms with van der Waals surface area (Å²) in [5.74, 6) is -0.212. The molecule has 1 aromatic carbocycles. The Morgan fingerprint density at radius 3 is 2.63 bits per heavy atom. The molecular weight excluding hydrogens is 265 g/mol. The van der Waals surface area contributed by atoms with Gasteiger partial charge in [0.1, 0.15) is 5.82 Å². The molecule has 2 heterocycles. The first-order chi connectivity index (χ1) is 9.11. The van der Waals surface area contributed by atoms with Crippen LogP contribution in [0.3, 0.4) is 0 Å². The van der Waals surface area contributed by atoms with Crippen molar-refractivity contribution in [3.05, 3.63) is 34.6 Å². The normalized spacial score (nSPS) is 29.5. The van der Waals surface area contributed by atoms with Gasteiger partial charge in [0.25, 0.3) is 0 Å². The molecule has 1 aromatic rings. The summed E-state index contributed by atoms with van der Waals surface area (Å²) >= 11 is 5.70. The van der Waals surface area contributed by atoms with Crippen molar-refractivity contribution in [1.82, 2.24) is 5.32 Å². The third-order valence-electron chi connectivity index (χ3n) is 4.28. The minimum atomic E-state index is -0.505. The molecule has 19 heavy (non-hydrogen) atoms. The summed E-state index contributed by atoms with van der Waals surface area (Å²) in [6.07, 6.45) is 4.96. The van der Waals surface area contributed by atoms with Gasteiger partial charge in [0.05, 0.1) is 5.56 Å². The fourth-order valence-electron chi connectivity index (χ4n) is 3.43. The summed E-state index contributed by atoms with van der Waals surface area (Å²) in [5, 5.41) is 3.88. The van der Waals surface area contributed by atoms with Crippen molar-refractivity contribution in [2.75, 3.05) is 0 Å². The maximum absolute atomic E-state index is 13.7. The van der Waals surface area contributed by atoms with Crippen molar-refractivity contribution in [2.24, 2.45) is 5.92 Å². The zero-order valence-electron chi connectivity index (χ0n) is 10.7. The Hall–Kier alpha value is -0.930. The lowest BCUT2D eigenvalue weighted by molar-refractivity contribution is 0.0941. The molecular formula is C15H17ClFNO. The van der Waals surface area contributed by atoms with Gasteiger partial charge in [0.2, 0.25) is 0 Å². The maximum Gasteiger partial charge on any atom is 0.166 e. The molecule has 2 bridgehead atoms. The molecule has 0 aliphatic carbocycles. The third-order valence-corrected chi connectivity index (χ3v) is 4.51. The second kappa shape index (κ2) is 5.22. The van der Waals surface area contributed by atoms with E-state index in [-0.39, 0.29) is 11.3 Å². The van der Waals surface area contributed by atoms with Gasteiger partial charge in [-0.05, 0) is 49.8 Å². The molecule has 2 nitrogen and oxygen atoms in total. The van der Waals surface area contributed by atoms with Crippen molar-refractivity contribution >= 4 is 17.4 Å². The van der Waals surface area contributed by atoms with Crippen LogP contribution in [0.1, 0.15) is 42.5 Å². The number of benzene rings is 1. The molecule has 0 amide bonds. The van der Waals surface area contributed by atoms with Gasteiger partial charge in [-0.2, -0.15) is 0 Å². The summed E-state index contributed by atoms with van der Waals surface area (Å²) in [5.41, 5.74) is 0.176. The lowest BCUT2D eigenvalue weighted by Gasteiger charge is -2.28. The van der Waals surface area contributed by atoms with Crippen molar-refractivity contribution in [1.29, 1.82) is 0 Å². The van der Waals surface area contributed by atoms with Crippen LogP contribution in [-0.4, -0.2) is 17.9 Å². The van der Waals surface area contributed by atoms with Gasteiger partial charge in [-0.15, -0.1) is 0 Å². The van der Waals surface area contributed by atoms with Crippen LogP contribution in [0, 0.1) is 11.7 Å². The zero-order chi connectivity index (χ0) is 13.4. The second-order valence-electron chi connectivity index (χ2n) is 5.73. The van der Waals surface area contributed by atoms with Crippen LogP contribution in [0.5, 0.6) is 0 Å². The minimum absolute atomic E-state index is 0.0968. The summed E-state index contributed by atoms with van der Waals surface area (Å²) in [7, 11) is 0. The van der Waals surface area contributed by atoms with Crippen molar-refractivity contribution < 1.29 is 9.18 Å². The lowest BCUT2D eigenvalue weighted by Crippen LogP contribution is -2.38. The standard InChI is InChI=1S/C15H17ClFNO/c16-10-1-4-13(14(17)8-10)15(19)7-9-5-11-2-3-12(6-9)18-11/h1,4,8-9,11-12,18H,2-3,5-7H2.